The summed E-state index contributed by atoms with van der Waals surface area (Å²) >= 11 is 0. The standard InChI is InChI=1S/C16H30N2/c1-6-13(3)18-16(12-17)10-8-14(9-11-16)15(4,5)7-2/h1,13-14,18H,7-12,17H2,2-5H3. The van der Waals surface area contributed by atoms with E-state index in [1.54, 1.807) is 0 Å². The summed E-state index contributed by atoms with van der Waals surface area (Å²) < 4.78 is 0. The molecule has 0 aromatic heterocycles. The summed E-state index contributed by atoms with van der Waals surface area (Å²) in [5.41, 5.74) is 6.53. The first-order valence-corrected chi connectivity index (χ1v) is 7.33. The highest BCUT2D eigenvalue weighted by atomic mass is 15.0. The lowest BCUT2D eigenvalue weighted by Crippen LogP contribution is -2.56. The normalized spacial score (nSPS) is 30.8. The van der Waals surface area contributed by atoms with Crippen LogP contribution >= 0.6 is 0 Å². The second kappa shape index (κ2) is 6.08. The maximum Gasteiger partial charge on any atom is 0.0663 e. The molecule has 0 amide bonds. The van der Waals surface area contributed by atoms with Gasteiger partial charge in [-0.3, -0.25) is 5.32 Å². The minimum Gasteiger partial charge on any atom is -0.329 e. The molecule has 0 spiro atoms. The third-order valence-electron chi connectivity index (χ3n) is 5.12. The van der Waals surface area contributed by atoms with Crippen molar-refractivity contribution >= 4 is 0 Å². The molecule has 1 rings (SSSR count). The van der Waals surface area contributed by atoms with Crippen molar-refractivity contribution in [3.63, 3.8) is 0 Å². The molecule has 18 heavy (non-hydrogen) atoms. The average molecular weight is 250 g/mol. The smallest absolute Gasteiger partial charge is 0.0663 e. The first kappa shape index (κ1) is 15.5. The molecule has 3 N–H and O–H groups in total. The molecule has 0 aromatic carbocycles. The Bertz CT molecular complexity index is 293. The van der Waals surface area contributed by atoms with E-state index < -0.39 is 0 Å². The highest BCUT2D eigenvalue weighted by molar-refractivity contribution is 5.04. The van der Waals surface area contributed by atoms with Gasteiger partial charge in [0.05, 0.1) is 6.04 Å². The van der Waals surface area contributed by atoms with Crippen LogP contribution in [0.2, 0.25) is 0 Å². The van der Waals surface area contributed by atoms with Crippen molar-refractivity contribution in [1.29, 1.82) is 0 Å². The first-order chi connectivity index (χ1) is 8.39. The molecular formula is C16H30N2. The van der Waals surface area contributed by atoms with Crippen LogP contribution in [0.1, 0.15) is 59.8 Å². The van der Waals surface area contributed by atoms with Crippen LogP contribution < -0.4 is 11.1 Å². The van der Waals surface area contributed by atoms with Gasteiger partial charge in [0.1, 0.15) is 0 Å². The molecule has 1 fully saturated rings. The minimum absolute atomic E-state index is 0.0755. The molecule has 104 valence electrons. The van der Waals surface area contributed by atoms with Crippen molar-refractivity contribution < 1.29 is 0 Å². The van der Waals surface area contributed by atoms with Gasteiger partial charge in [-0.25, -0.2) is 0 Å². The monoisotopic (exact) mass is 250 g/mol. The molecule has 2 nitrogen and oxygen atoms in total. The lowest BCUT2D eigenvalue weighted by molar-refractivity contribution is 0.0997. The molecule has 1 unspecified atom stereocenters. The molecule has 0 radical (unpaired) electrons. The summed E-state index contributed by atoms with van der Waals surface area (Å²) in [5, 5.41) is 3.56. The fourth-order valence-electron chi connectivity index (χ4n) is 3.15. The van der Waals surface area contributed by atoms with E-state index in [0.29, 0.717) is 12.0 Å². The van der Waals surface area contributed by atoms with Crippen LogP contribution in [0.3, 0.4) is 0 Å². The lowest BCUT2D eigenvalue weighted by Gasteiger charge is -2.45. The van der Waals surface area contributed by atoms with E-state index in [0.717, 1.165) is 18.8 Å². The van der Waals surface area contributed by atoms with E-state index in [1.165, 1.54) is 19.3 Å². The molecule has 2 heteroatoms. The molecule has 0 saturated heterocycles. The van der Waals surface area contributed by atoms with Crippen LogP contribution in [-0.4, -0.2) is 18.1 Å². The van der Waals surface area contributed by atoms with Gasteiger partial charge in [0, 0.05) is 12.1 Å². The highest BCUT2D eigenvalue weighted by Crippen LogP contribution is 2.43. The van der Waals surface area contributed by atoms with E-state index in [9.17, 15) is 0 Å². The summed E-state index contributed by atoms with van der Waals surface area (Å²) in [5.74, 6) is 3.58. The summed E-state index contributed by atoms with van der Waals surface area (Å²) in [6.45, 7) is 9.82. The predicted octanol–water partition coefficient (Wildman–Crippen LogP) is 2.92. The lowest BCUT2D eigenvalue weighted by atomic mass is 9.65. The zero-order chi connectivity index (χ0) is 13.8. The zero-order valence-electron chi connectivity index (χ0n) is 12.6. The molecule has 0 aromatic rings. The van der Waals surface area contributed by atoms with Gasteiger partial charge < -0.3 is 5.73 Å². The van der Waals surface area contributed by atoms with Crippen LogP contribution in [0, 0.1) is 23.7 Å². The van der Waals surface area contributed by atoms with Crippen molar-refractivity contribution in [2.75, 3.05) is 6.54 Å². The first-order valence-electron chi connectivity index (χ1n) is 7.33. The number of hydrogen-bond donors (Lipinski definition) is 2. The molecule has 0 bridgehead atoms. The van der Waals surface area contributed by atoms with Gasteiger partial charge in [-0.05, 0) is 43.9 Å². The second-order valence-corrected chi connectivity index (χ2v) is 6.63. The van der Waals surface area contributed by atoms with E-state index in [4.69, 9.17) is 12.2 Å². The maximum absolute atomic E-state index is 6.00. The number of rotatable bonds is 5. The van der Waals surface area contributed by atoms with E-state index in [2.05, 4.69) is 32.0 Å². The van der Waals surface area contributed by atoms with Gasteiger partial charge >= 0.3 is 0 Å². The third-order valence-corrected chi connectivity index (χ3v) is 5.12. The minimum atomic E-state index is 0.0755. The fraction of sp³-hybridized carbons (Fsp3) is 0.875. The maximum atomic E-state index is 6.00. The van der Waals surface area contributed by atoms with Gasteiger partial charge in [-0.2, -0.15) is 0 Å². The number of nitrogens with two attached hydrogens (primary N) is 1. The molecule has 1 saturated carbocycles. The third kappa shape index (κ3) is 3.49. The largest absolute Gasteiger partial charge is 0.329 e. The Balaban J connectivity index is 2.62. The summed E-state index contributed by atoms with van der Waals surface area (Å²) in [7, 11) is 0. The zero-order valence-corrected chi connectivity index (χ0v) is 12.6. The van der Waals surface area contributed by atoms with Gasteiger partial charge in [-0.1, -0.05) is 33.1 Å². The molecular weight excluding hydrogens is 220 g/mol. The van der Waals surface area contributed by atoms with Crippen LogP contribution in [0.15, 0.2) is 0 Å². The Hall–Kier alpha value is -0.520. The SMILES string of the molecule is C#CC(C)NC1(CN)CCC(C(C)(C)CC)CC1. The topological polar surface area (TPSA) is 38.0 Å². The van der Waals surface area contributed by atoms with E-state index >= 15 is 0 Å². The van der Waals surface area contributed by atoms with Crippen molar-refractivity contribution in [2.45, 2.75) is 71.4 Å². The molecule has 0 heterocycles. The van der Waals surface area contributed by atoms with E-state index in [-0.39, 0.29) is 11.6 Å². The van der Waals surface area contributed by atoms with Crippen LogP contribution in [0.4, 0.5) is 0 Å². The molecule has 1 aliphatic carbocycles. The van der Waals surface area contributed by atoms with Crippen molar-refractivity contribution in [3.05, 3.63) is 0 Å². The van der Waals surface area contributed by atoms with Crippen molar-refractivity contribution in [2.24, 2.45) is 17.1 Å². The Kier molecular flexibility index (Phi) is 5.25. The summed E-state index contributed by atoms with van der Waals surface area (Å²) in [4.78, 5) is 0. The predicted molar refractivity (Wildman–Crippen MR) is 79.2 cm³/mol. The highest BCUT2D eigenvalue weighted by Gasteiger charge is 2.39. The fourth-order valence-corrected chi connectivity index (χ4v) is 3.15. The van der Waals surface area contributed by atoms with Crippen LogP contribution in [0.5, 0.6) is 0 Å². The molecule has 0 aliphatic heterocycles. The van der Waals surface area contributed by atoms with E-state index in [1.807, 2.05) is 6.92 Å². The number of terminal acetylenes is 1. The quantitative estimate of drug-likeness (QED) is 0.736. The summed E-state index contributed by atoms with van der Waals surface area (Å²) in [6.07, 6.45) is 11.6. The van der Waals surface area contributed by atoms with Crippen molar-refractivity contribution in [1.82, 2.24) is 5.32 Å². The summed E-state index contributed by atoms with van der Waals surface area (Å²) in [6, 6.07) is 0.115. The van der Waals surface area contributed by atoms with Crippen LogP contribution in [0.25, 0.3) is 0 Å². The number of nitrogens with one attached hydrogen (secondary N) is 1. The average Bonchev–Trinajstić information content (AvgIpc) is 2.39. The molecule has 1 atom stereocenters. The van der Waals surface area contributed by atoms with Gasteiger partial charge in [0.25, 0.3) is 0 Å². The Morgan fingerprint density at radius 1 is 1.44 bits per heavy atom. The van der Waals surface area contributed by atoms with Gasteiger partial charge in [0.2, 0.25) is 0 Å². The Morgan fingerprint density at radius 2 is 2.00 bits per heavy atom. The molecule has 1 aliphatic rings. The van der Waals surface area contributed by atoms with Gasteiger partial charge in [0.15, 0.2) is 0 Å². The second-order valence-electron chi connectivity index (χ2n) is 6.63. The van der Waals surface area contributed by atoms with Crippen molar-refractivity contribution in [3.8, 4) is 12.3 Å². The Morgan fingerprint density at radius 3 is 2.39 bits per heavy atom. The Labute approximate surface area is 113 Å². The van der Waals surface area contributed by atoms with Crippen LogP contribution in [-0.2, 0) is 0 Å². The number of hydrogen-bond acceptors (Lipinski definition) is 2. The van der Waals surface area contributed by atoms with Gasteiger partial charge in [-0.15, -0.1) is 6.42 Å².